The molecule has 4 nitrogen and oxygen atoms in total. The van der Waals surface area contributed by atoms with Crippen LogP contribution in [0.1, 0.15) is 52.3 Å². The molecule has 0 bridgehead atoms. The molecule has 1 aliphatic carbocycles. The molecule has 2 rings (SSSR count). The Morgan fingerprint density at radius 2 is 2.00 bits per heavy atom. The van der Waals surface area contributed by atoms with Crippen molar-refractivity contribution in [1.29, 1.82) is 0 Å². The average Bonchev–Trinajstić information content (AvgIpc) is 2.83. The Bertz CT molecular complexity index is 377. The summed E-state index contributed by atoms with van der Waals surface area (Å²) < 4.78 is 10.0. The van der Waals surface area contributed by atoms with E-state index in [1.54, 1.807) is 0 Å². The minimum absolute atomic E-state index is 0.0220. The largest absolute Gasteiger partial charge is 0.467 e. The van der Waals surface area contributed by atoms with Crippen LogP contribution in [0.4, 0.5) is 0 Å². The summed E-state index contributed by atoms with van der Waals surface area (Å²) in [5, 5.41) is 0.645. The molecule has 2 N–H and O–H groups in total. The van der Waals surface area contributed by atoms with Crippen LogP contribution in [0.25, 0.3) is 0 Å². The summed E-state index contributed by atoms with van der Waals surface area (Å²) >= 11 is 1.32. The fourth-order valence-electron chi connectivity index (χ4n) is 2.00. The van der Waals surface area contributed by atoms with Crippen LogP contribution in [0, 0.1) is 0 Å². The lowest BCUT2D eigenvalue weighted by Crippen LogP contribution is -2.42. The van der Waals surface area contributed by atoms with Gasteiger partial charge in [-0.15, -0.1) is 0 Å². The molecule has 0 aliphatic heterocycles. The number of aromatic nitrogens is 2. The average molecular weight is 255 g/mol. The first-order valence-electron chi connectivity index (χ1n) is 6.15. The fraction of sp³-hybridized carbons (Fsp3) is 0.833. The molecule has 0 saturated heterocycles. The lowest BCUT2D eigenvalue weighted by atomic mass is 9.96. The van der Waals surface area contributed by atoms with Gasteiger partial charge in [-0.05, 0) is 12.8 Å². The standard InChI is InChI=1S/C12H21N3OS/c1-11(2,3)9-14-10(17-15-9)16-8-12(13)6-4-5-7-12/h4-8,13H2,1-3H3. The predicted molar refractivity (Wildman–Crippen MR) is 69.5 cm³/mol. The third-order valence-corrected chi connectivity index (χ3v) is 3.79. The van der Waals surface area contributed by atoms with Gasteiger partial charge in [-0.1, -0.05) is 33.6 Å². The molecule has 0 aromatic carbocycles. The quantitative estimate of drug-likeness (QED) is 0.901. The van der Waals surface area contributed by atoms with Gasteiger partial charge in [0.15, 0.2) is 5.82 Å². The van der Waals surface area contributed by atoms with E-state index in [0.717, 1.165) is 18.7 Å². The van der Waals surface area contributed by atoms with E-state index in [1.165, 1.54) is 24.4 Å². The summed E-state index contributed by atoms with van der Waals surface area (Å²) in [4.78, 5) is 4.40. The Kier molecular flexibility index (Phi) is 3.41. The number of nitrogens with two attached hydrogens (primary N) is 1. The van der Waals surface area contributed by atoms with Crippen LogP contribution in [0.15, 0.2) is 0 Å². The monoisotopic (exact) mass is 255 g/mol. The van der Waals surface area contributed by atoms with Gasteiger partial charge in [-0.25, -0.2) is 0 Å². The minimum atomic E-state index is -0.145. The molecular weight excluding hydrogens is 234 g/mol. The molecule has 1 saturated carbocycles. The normalized spacial score (nSPS) is 19.5. The van der Waals surface area contributed by atoms with E-state index in [0.29, 0.717) is 11.8 Å². The molecule has 0 spiro atoms. The van der Waals surface area contributed by atoms with Crippen LogP contribution in [0.2, 0.25) is 0 Å². The summed E-state index contributed by atoms with van der Waals surface area (Å²) in [6, 6.07) is 0. The van der Waals surface area contributed by atoms with Crippen molar-refractivity contribution in [3.63, 3.8) is 0 Å². The van der Waals surface area contributed by atoms with Gasteiger partial charge in [0.1, 0.15) is 6.61 Å². The lowest BCUT2D eigenvalue weighted by molar-refractivity contribution is 0.219. The van der Waals surface area contributed by atoms with Crippen molar-refractivity contribution in [1.82, 2.24) is 9.36 Å². The van der Waals surface area contributed by atoms with Crippen molar-refractivity contribution >= 4 is 11.5 Å². The van der Waals surface area contributed by atoms with Crippen molar-refractivity contribution in [3.8, 4) is 5.19 Å². The molecule has 1 fully saturated rings. The van der Waals surface area contributed by atoms with Crippen LogP contribution in [0.5, 0.6) is 5.19 Å². The van der Waals surface area contributed by atoms with Gasteiger partial charge in [-0.3, -0.25) is 0 Å². The SMILES string of the molecule is CC(C)(C)c1nsc(OCC2(N)CCCC2)n1. The van der Waals surface area contributed by atoms with E-state index >= 15 is 0 Å². The minimum Gasteiger partial charge on any atom is -0.467 e. The number of hydrogen-bond donors (Lipinski definition) is 1. The molecule has 0 amide bonds. The smallest absolute Gasteiger partial charge is 0.293 e. The number of ether oxygens (including phenoxy) is 1. The summed E-state index contributed by atoms with van der Waals surface area (Å²) in [6.07, 6.45) is 4.53. The zero-order valence-electron chi connectivity index (χ0n) is 10.8. The highest BCUT2D eigenvalue weighted by Gasteiger charge is 2.30. The summed E-state index contributed by atoms with van der Waals surface area (Å²) in [6.45, 7) is 6.85. The van der Waals surface area contributed by atoms with Gasteiger partial charge in [-0.2, -0.15) is 9.36 Å². The molecule has 1 aliphatic rings. The highest BCUT2D eigenvalue weighted by molar-refractivity contribution is 7.07. The molecule has 1 aromatic heterocycles. The van der Waals surface area contributed by atoms with Gasteiger partial charge in [0.25, 0.3) is 5.19 Å². The van der Waals surface area contributed by atoms with Crippen LogP contribution in [-0.4, -0.2) is 21.5 Å². The van der Waals surface area contributed by atoms with E-state index < -0.39 is 0 Å². The first-order chi connectivity index (χ1) is 7.89. The molecule has 0 unspecified atom stereocenters. The molecule has 17 heavy (non-hydrogen) atoms. The summed E-state index contributed by atoms with van der Waals surface area (Å²) in [5.74, 6) is 0.843. The van der Waals surface area contributed by atoms with E-state index in [1.807, 2.05) is 0 Å². The molecular formula is C12H21N3OS. The van der Waals surface area contributed by atoms with Crippen molar-refractivity contribution in [2.24, 2.45) is 5.73 Å². The van der Waals surface area contributed by atoms with Crippen LogP contribution < -0.4 is 10.5 Å². The van der Waals surface area contributed by atoms with Crippen molar-refractivity contribution in [2.75, 3.05) is 6.61 Å². The Morgan fingerprint density at radius 1 is 1.35 bits per heavy atom. The first-order valence-corrected chi connectivity index (χ1v) is 6.92. The van der Waals surface area contributed by atoms with E-state index in [2.05, 4.69) is 30.1 Å². The number of nitrogens with zero attached hydrogens (tertiary/aromatic N) is 2. The molecule has 0 radical (unpaired) electrons. The van der Waals surface area contributed by atoms with Crippen LogP contribution >= 0.6 is 11.5 Å². The van der Waals surface area contributed by atoms with Crippen LogP contribution in [-0.2, 0) is 5.41 Å². The van der Waals surface area contributed by atoms with Crippen LogP contribution in [0.3, 0.4) is 0 Å². The van der Waals surface area contributed by atoms with Gasteiger partial charge >= 0.3 is 0 Å². The Hall–Kier alpha value is -0.680. The Balaban J connectivity index is 1.93. The van der Waals surface area contributed by atoms with E-state index in [-0.39, 0.29) is 11.0 Å². The number of rotatable bonds is 3. The maximum absolute atomic E-state index is 6.23. The van der Waals surface area contributed by atoms with Crippen molar-refractivity contribution in [2.45, 2.75) is 57.4 Å². The second-order valence-electron chi connectivity index (χ2n) is 5.99. The zero-order chi connectivity index (χ0) is 12.5. The molecule has 0 atom stereocenters. The maximum atomic E-state index is 6.23. The lowest BCUT2D eigenvalue weighted by Gasteiger charge is -2.22. The first kappa shape index (κ1) is 12.8. The second kappa shape index (κ2) is 4.53. The van der Waals surface area contributed by atoms with Gasteiger partial charge < -0.3 is 10.5 Å². The summed E-state index contributed by atoms with van der Waals surface area (Å²) in [7, 11) is 0. The fourth-order valence-corrected chi connectivity index (χ4v) is 2.72. The third kappa shape index (κ3) is 3.16. The summed E-state index contributed by atoms with van der Waals surface area (Å²) in [5.41, 5.74) is 6.06. The zero-order valence-corrected chi connectivity index (χ0v) is 11.6. The van der Waals surface area contributed by atoms with Gasteiger partial charge in [0, 0.05) is 16.9 Å². The molecule has 5 heteroatoms. The van der Waals surface area contributed by atoms with Crippen molar-refractivity contribution in [3.05, 3.63) is 5.82 Å². The second-order valence-corrected chi connectivity index (χ2v) is 6.71. The molecule has 1 aromatic rings. The van der Waals surface area contributed by atoms with E-state index in [9.17, 15) is 0 Å². The highest BCUT2D eigenvalue weighted by Crippen LogP contribution is 2.29. The third-order valence-electron chi connectivity index (χ3n) is 3.16. The Morgan fingerprint density at radius 3 is 2.53 bits per heavy atom. The highest BCUT2D eigenvalue weighted by atomic mass is 32.1. The molecule has 96 valence electrons. The maximum Gasteiger partial charge on any atom is 0.293 e. The number of hydrogen-bond acceptors (Lipinski definition) is 5. The van der Waals surface area contributed by atoms with Gasteiger partial charge in [0.2, 0.25) is 0 Å². The predicted octanol–water partition coefficient (Wildman–Crippen LogP) is 2.49. The Labute approximate surface area is 107 Å². The van der Waals surface area contributed by atoms with Gasteiger partial charge in [0.05, 0.1) is 5.54 Å². The molecule has 1 heterocycles. The van der Waals surface area contributed by atoms with Crippen molar-refractivity contribution < 1.29 is 4.74 Å². The topological polar surface area (TPSA) is 61.0 Å². The van der Waals surface area contributed by atoms with E-state index in [4.69, 9.17) is 10.5 Å².